The summed E-state index contributed by atoms with van der Waals surface area (Å²) >= 11 is 0. The van der Waals surface area contributed by atoms with E-state index >= 15 is 0 Å². The number of nitrogens with zero attached hydrogens (tertiary/aromatic N) is 1. The Balaban J connectivity index is 1.57. The first-order valence-corrected chi connectivity index (χ1v) is 14.4. The third-order valence-corrected chi connectivity index (χ3v) is 8.55. The number of amidine groups is 1. The zero-order chi connectivity index (χ0) is 28.4. The molecule has 0 saturated carbocycles. The number of H-pyrrole nitrogens is 1. The maximum atomic E-state index is 13.5. The van der Waals surface area contributed by atoms with Crippen molar-refractivity contribution in [2.75, 3.05) is 18.8 Å². The number of nitrogens with two attached hydrogens (primary N) is 2. The minimum absolute atomic E-state index is 0.0250. The molecular weight excluding hydrogens is 530 g/mol. The number of hydrogen-bond acceptors (Lipinski definition) is 8. The molecule has 0 aliphatic carbocycles. The van der Waals surface area contributed by atoms with E-state index in [1.165, 1.54) is 6.07 Å². The highest BCUT2D eigenvalue weighted by Crippen LogP contribution is 2.44. The molecule has 40 heavy (non-hydrogen) atoms. The zero-order valence-corrected chi connectivity index (χ0v) is 22.5. The third-order valence-electron chi connectivity index (χ3n) is 7.13. The van der Waals surface area contributed by atoms with Crippen molar-refractivity contribution in [2.24, 2.45) is 11.7 Å². The van der Waals surface area contributed by atoms with E-state index in [2.05, 4.69) is 20.0 Å². The van der Waals surface area contributed by atoms with Crippen molar-refractivity contribution in [2.45, 2.75) is 30.6 Å². The molecule has 1 unspecified atom stereocenters. The Morgan fingerprint density at radius 2 is 1.95 bits per heavy atom. The number of imidazole rings is 1. The number of carbonyl (C=O) groups excluding carboxylic acids is 1. The van der Waals surface area contributed by atoms with Gasteiger partial charge in [-0.25, -0.2) is 18.1 Å². The van der Waals surface area contributed by atoms with Gasteiger partial charge in [-0.3, -0.25) is 10.2 Å². The number of rotatable bonds is 8. The average molecular weight is 562 g/mol. The molecule has 1 atom stereocenters. The molecule has 1 aliphatic rings. The topological polar surface area (TPSA) is 200 Å². The van der Waals surface area contributed by atoms with E-state index in [4.69, 9.17) is 16.9 Å². The van der Waals surface area contributed by atoms with Crippen LogP contribution < -0.4 is 21.5 Å². The summed E-state index contributed by atoms with van der Waals surface area (Å²) in [4.78, 5) is 19.9. The maximum Gasteiger partial charge on any atom is 0.266 e. The van der Waals surface area contributed by atoms with Crippen LogP contribution in [0.25, 0.3) is 33.5 Å². The van der Waals surface area contributed by atoms with Gasteiger partial charge in [0.05, 0.1) is 22.3 Å². The van der Waals surface area contributed by atoms with Gasteiger partial charge in [-0.05, 0) is 68.1 Å². The van der Waals surface area contributed by atoms with Crippen LogP contribution in [0.2, 0.25) is 0 Å². The van der Waals surface area contributed by atoms with Crippen LogP contribution >= 0.6 is 0 Å². The second-order valence-electron chi connectivity index (χ2n) is 9.94. The minimum atomic E-state index is -4.41. The van der Waals surface area contributed by atoms with Gasteiger partial charge in [-0.15, -0.1) is 0 Å². The highest BCUT2D eigenvalue weighted by Gasteiger charge is 2.29. The molecule has 3 aromatic carbocycles. The highest BCUT2D eigenvalue weighted by molar-refractivity contribution is 7.90. The fraction of sp³-hybridized carbons (Fsp3) is 0.250. The lowest BCUT2D eigenvalue weighted by Gasteiger charge is -2.22. The molecule has 5 rings (SSSR count). The Morgan fingerprint density at radius 3 is 2.65 bits per heavy atom. The van der Waals surface area contributed by atoms with Crippen LogP contribution in [0, 0.1) is 11.3 Å². The molecule has 1 saturated heterocycles. The largest absolute Gasteiger partial charge is 0.506 e. The molecule has 11 nitrogen and oxygen atoms in total. The molecule has 208 valence electrons. The number of aromatic amines is 1. The van der Waals surface area contributed by atoms with Crippen LogP contribution in [0.1, 0.15) is 31.2 Å². The molecule has 1 fully saturated rings. The van der Waals surface area contributed by atoms with Gasteiger partial charge in [0.2, 0.25) is 5.91 Å². The Bertz CT molecular complexity index is 1690. The summed E-state index contributed by atoms with van der Waals surface area (Å²) in [6.45, 7) is 1.76. The molecule has 0 radical (unpaired) electrons. The van der Waals surface area contributed by atoms with Gasteiger partial charge in [0.15, 0.2) is 0 Å². The predicted molar refractivity (Wildman–Crippen MR) is 154 cm³/mol. The highest BCUT2D eigenvalue weighted by atomic mass is 32.2. The SMILES string of the molecule is N=C(N)c1ccc2nc(-c3c(N)c(S(=O)(=O)NC(=O)CCC4CCCNC4)cc(-c4ccccc4)c3O)[nH]c2c1. The zero-order valence-electron chi connectivity index (χ0n) is 21.7. The van der Waals surface area contributed by atoms with Crippen LogP contribution in [-0.2, 0) is 14.8 Å². The first-order valence-electron chi connectivity index (χ1n) is 13.0. The fourth-order valence-electron chi connectivity index (χ4n) is 5.02. The standard InChI is InChI=1S/C28H31N7O4S/c29-25-22(40(38,39)35-23(36)11-8-16-5-4-12-32-15-16)14-19(17-6-2-1-3-7-17)26(37)24(25)28-33-20-10-9-18(27(30)31)13-21(20)34-28/h1-3,6-7,9-10,13-14,16,32,37H,4-5,8,11-12,15,29H2,(H3,30,31)(H,33,34)(H,35,36). The van der Waals surface area contributed by atoms with Crippen molar-refractivity contribution < 1.29 is 18.3 Å². The summed E-state index contributed by atoms with van der Waals surface area (Å²) in [7, 11) is -4.41. The monoisotopic (exact) mass is 561 g/mol. The van der Waals surface area contributed by atoms with Crippen molar-refractivity contribution in [3.8, 4) is 28.3 Å². The number of anilines is 1. The van der Waals surface area contributed by atoms with Gasteiger partial charge in [-0.1, -0.05) is 30.3 Å². The number of benzene rings is 3. The number of nitrogens with one attached hydrogen (secondary N) is 4. The molecule has 9 N–H and O–H groups in total. The van der Waals surface area contributed by atoms with Gasteiger partial charge >= 0.3 is 0 Å². The van der Waals surface area contributed by atoms with Gasteiger partial charge in [0.25, 0.3) is 10.0 Å². The van der Waals surface area contributed by atoms with E-state index in [1.54, 1.807) is 48.5 Å². The van der Waals surface area contributed by atoms with E-state index in [-0.39, 0.29) is 45.5 Å². The van der Waals surface area contributed by atoms with Crippen molar-refractivity contribution >= 4 is 38.5 Å². The number of sulfonamides is 1. The molecule has 1 amide bonds. The van der Waals surface area contributed by atoms with Crippen LogP contribution in [0.4, 0.5) is 5.69 Å². The van der Waals surface area contributed by atoms with Crippen molar-refractivity contribution in [3.05, 3.63) is 60.2 Å². The van der Waals surface area contributed by atoms with E-state index in [1.807, 2.05) is 0 Å². The lowest BCUT2D eigenvalue weighted by Crippen LogP contribution is -2.33. The number of amides is 1. The number of carbonyl (C=O) groups is 1. The van der Waals surface area contributed by atoms with Crippen LogP contribution in [0.3, 0.4) is 0 Å². The quantitative estimate of drug-likeness (QED) is 0.0966. The molecule has 4 aromatic rings. The summed E-state index contributed by atoms with van der Waals surface area (Å²) in [5.74, 6) is -0.591. The van der Waals surface area contributed by atoms with Crippen molar-refractivity contribution in [3.63, 3.8) is 0 Å². The average Bonchev–Trinajstić information content (AvgIpc) is 3.35. The molecule has 0 bridgehead atoms. The number of aromatic hydroxyl groups is 1. The van der Waals surface area contributed by atoms with E-state index < -0.39 is 15.9 Å². The molecule has 12 heteroatoms. The predicted octanol–water partition coefficient (Wildman–Crippen LogP) is 3.05. The van der Waals surface area contributed by atoms with Crippen molar-refractivity contribution in [1.82, 2.24) is 20.0 Å². The number of nitrogen functional groups attached to an aromatic ring is 2. The van der Waals surface area contributed by atoms with Gasteiger partial charge in [-0.2, -0.15) is 0 Å². The number of piperidine rings is 1. The van der Waals surface area contributed by atoms with Gasteiger partial charge in [0.1, 0.15) is 22.3 Å². The molecule has 2 heterocycles. The fourth-order valence-corrected chi connectivity index (χ4v) is 6.20. The lowest BCUT2D eigenvalue weighted by molar-refractivity contribution is -0.119. The summed E-state index contributed by atoms with van der Waals surface area (Å²) in [6, 6.07) is 14.9. The Labute approximate surface area is 231 Å². The Kier molecular flexibility index (Phi) is 7.46. The second kappa shape index (κ2) is 11.0. The number of phenolic OH excluding ortho intramolecular Hbond substituents is 1. The third kappa shape index (κ3) is 5.49. The van der Waals surface area contributed by atoms with Gasteiger partial charge in [0, 0.05) is 17.5 Å². The van der Waals surface area contributed by atoms with Crippen LogP contribution in [0.15, 0.2) is 59.5 Å². The molecule has 0 spiro atoms. The van der Waals surface area contributed by atoms with E-state index in [9.17, 15) is 18.3 Å². The normalized spacial score (nSPS) is 15.7. The number of fused-ring (bicyclic) bond motifs is 1. The van der Waals surface area contributed by atoms with Gasteiger partial charge < -0.3 is 26.9 Å². The summed E-state index contributed by atoms with van der Waals surface area (Å²) in [6.07, 6.45) is 2.65. The van der Waals surface area contributed by atoms with Crippen LogP contribution in [0.5, 0.6) is 5.75 Å². The first kappa shape index (κ1) is 27.2. The number of phenols is 1. The summed E-state index contributed by atoms with van der Waals surface area (Å²) < 4.78 is 29.2. The van der Waals surface area contributed by atoms with Crippen molar-refractivity contribution in [1.29, 1.82) is 5.41 Å². The maximum absolute atomic E-state index is 13.5. The molecule has 1 aliphatic heterocycles. The Hall–Kier alpha value is -4.42. The Morgan fingerprint density at radius 1 is 1.18 bits per heavy atom. The van der Waals surface area contributed by atoms with E-state index in [0.717, 1.165) is 25.9 Å². The number of hydrogen-bond donors (Lipinski definition) is 7. The first-order chi connectivity index (χ1) is 19.1. The molecular formula is C28H31N7O4S. The molecule has 1 aromatic heterocycles. The summed E-state index contributed by atoms with van der Waals surface area (Å²) in [5.41, 5.74) is 14.0. The summed E-state index contributed by atoms with van der Waals surface area (Å²) in [5, 5.41) is 22.3. The van der Waals surface area contributed by atoms with E-state index in [0.29, 0.717) is 34.5 Å². The van der Waals surface area contributed by atoms with Crippen LogP contribution in [-0.4, -0.2) is 48.3 Å². The second-order valence-corrected chi connectivity index (χ2v) is 11.6. The number of aromatic nitrogens is 2. The minimum Gasteiger partial charge on any atom is -0.506 e. The smallest absolute Gasteiger partial charge is 0.266 e. The lowest BCUT2D eigenvalue weighted by atomic mass is 9.95.